The molecule has 2 aromatic rings. The van der Waals surface area contributed by atoms with Crippen LogP contribution in [-0.4, -0.2) is 5.11 Å². The van der Waals surface area contributed by atoms with Gasteiger partial charge in [-0.1, -0.05) is 64.8 Å². The van der Waals surface area contributed by atoms with Crippen LogP contribution >= 0.6 is 27.5 Å². The van der Waals surface area contributed by atoms with Gasteiger partial charge in [0.1, 0.15) is 5.60 Å². The topological polar surface area (TPSA) is 20.2 Å². The molecule has 0 aliphatic heterocycles. The van der Waals surface area contributed by atoms with Crippen LogP contribution in [0.25, 0.3) is 0 Å². The van der Waals surface area contributed by atoms with Gasteiger partial charge in [0.25, 0.3) is 0 Å². The Morgan fingerprint density at radius 3 is 2.50 bits per heavy atom. The molecule has 1 atom stereocenters. The van der Waals surface area contributed by atoms with Gasteiger partial charge in [-0.3, -0.25) is 0 Å². The molecule has 2 rings (SSSR count). The van der Waals surface area contributed by atoms with Crippen molar-refractivity contribution >= 4 is 27.5 Å². The summed E-state index contributed by atoms with van der Waals surface area (Å²) in [6, 6.07) is 15.1. The van der Waals surface area contributed by atoms with Crippen molar-refractivity contribution in [3.05, 3.63) is 69.2 Å². The molecular weight excluding hydrogens is 312 g/mol. The van der Waals surface area contributed by atoms with Crippen molar-refractivity contribution in [1.82, 2.24) is 0 Å². The molecule has 0 fully saturated rings. The van der Waals surface area contributed by atoms with E-state index in [-0.39, 0.29) is 0 Å². The van der Waals surface area contributed by atoms with E-state index in [1.54, 1.807) is 6.07 Å². The van der Waals surface area contributed by atoms with Crippen LogP contribution in [0.1, 0.15) is 24.5 Å². The molecule has 0 aromatic heterocycles. The smallest absolute Gasteiger partial charge is 0.116 e. The Bertz CT molecular complexity index is 556. The van der Waals surface area contributed by atoms with Crippen molar-refractivity contribution in [2.24, 2.45) is 0 Å². The van der Waals surface area contributed by atoms with Crippen LogP contribution in [0.15, 0.2) is 53.0 Å². The van der Waals surface area contributed by atoms with Crippen molar-refractivity contribution in [2.75, 3.05) is 0 Å². The van der Waals surface area contributed by atoms with E-state index >= 15 is 0 Å². The van der Waals surface area contributed by atoms with Crippen LogP contribution in [0, 0.1) is 0 Å². The van der Waals surface area contributed by atoms with Crippen LogP contribution in [0.4, 0.5) is 0 Å². The zero-order chi connectivity index (χ0) is 13.2. The fraction of sp³-hybridized carbons (Fsp3) is 0.200. The summed E-state index contributed by atoms with van der Waals surface area (Å²) in [7, 11) is 0. The summed E-state index contributed by atoms with van der Waals surface area (Å²) >= 11 is 9.64. The van der Waals surface area contributed by atoms with Gasteiger partial charge in [-0.05, 0) is 30.2 Å². The normalized spacial score (nSPS) is 14.2. The first kappa shape index (κ1) is 13.6. The molecule has 18 heavy (non-hydrogen) atoms. The monoisotopic (exact) mass is 324 g/mol. The Labute approximate surface area is 121 Å². The largest absolute Gasteiger partial charge is 0.380 e. The minimum atomic E-state index is -1.05. The second kappa shape index (κ2) is 5.43. The standard InChI is InChI=1S/C15H14BrClO/c1-2-15(18,11-6-5-7-12(16)10-11)13-8-3-4-9-14(13)17/h3-10,18H,2H2,1H3. The van der Waals surface area contributed by atoms with Crippen molar-refractivity contribution in [1.29, 1.82) is 0 Å². The van der Waals surface area contributed by atoms with Gasteiger partial charge in [0.05, 0.1) is 0 Å². The van der Waals surface area contributed by atoms with Crippen LogP contribution in [0.3, 0.4) is 0 Å². The highest BCUT2D eigenvalue weighted by Crippen LogP contribution is 2.37. The Kier molecular flexibility index (Phi) is 4.10. The third kappa shape index (κ3) is 2.46. The lowest BCUT2D eigenvalue weighted by atomic mass is 9.84. The average molecular weight is 326 g/mol. The SMILES string of the molecule is CCC(O)(c1cccc(Br)c1)c1ccccc1Cl. The highest BCUT2D eigenvalue weighted by molar-refractivity contribution is 9.10. The summed E-state index contributed by atoms with van der Waals surface area (Å²) in [4.78, 5) is 0. The Balaban J connectivity index is 2.59. The first-order chi connectivity index (χ1) is 8.58. The zero-order valence-electron chi connectivity index (χ0n) is 10.0. The molecule has 0 spiro atoms. The maximum atomic E-state index is 11.0. The van der Waals surface area contributed by atoms with Gasteiger partial charge in [-0.2, -0.15) is 0 Å². The second-order valence-corrected chi connectivity index (χ2v) is 5.53. The van der Waals surface area contributed by atoms with Crippen molar-refractivity contribution in [2.45, 2.75) is 18.9 Å². The average Bonchev–Trinajstić information content (AvgIpc) is 2.38. The number of rotatable bonds is 3. The van der Waals surface area contributed by atoms with Crippen LogP contribution < -0.4 is 0 Å². The lowest BCUT2D eigenvalue weighted by Gasteiger charge is -2.29. The van der Waals surface area contributed by atoms with Gasteiger partial charge in [0.15, 0.2) is 0 Å². The molecule has 0 aliphatic rings. The van der Waals surface area contributed by atoms with Gasteiger partial charge in [-0.15, -0.1) is 0 Å². The lowest BCUT2D eigenvalue weighted by Crippen LogP contribution is -2.26. The van der Waals surface area contributed by atoms with Crippen LogP contribution in [-0.2, 0) is 5.60 Å². The van der Waals surface area contributed by atoms with Gasteiger partial charge in [0.2, 0.25) is 0 Å². The molecule has 0 amide bonds. The van der Waals surface area contributed by atoms with E-state index in [1.807, 2.05) is 49.4 Å². The number of benzene rings is 2. The molecule has 2 aromatic carbocycles. The first-order valence-electron chi connectivity index (χ1n) is 5.81. The van der Waals surface area contributed by atoms with Crippen molar-refractivity contribution in [3.63, 3.8) is 0 Å². The number of hydrogen-bond acceptors (Lipinski definition) is 1. The van der Waals surface area contributed by atoms with Gasteiger partial charge >= 0.3 is 0 Å². The summed E-state index contributed by atoms with van der Waals surface area (Å²) in [6.07, 6.45) is 0.563. The minimum absolute atomic E-state index is 0.563. The molecular formula is C15H14BrClO. The molecule has 0 heterocycles. The summed E-state index contributed by atoms with van der Waals surface area (Å²) < 4.78 is 0.943. The second-order valence-electron chi connectivity index (χ2n) is 4.20. The predicted octanol–water partition coefficient (Wildman–Crippen LogP) is 4.75. The fourth-order valence-electron chi connectivity index (χ4n) is 2.09. The molecule has 94 valence electrons. The Hall–Kier alpha value is -0.830. The van der Waals surface area contributed by atoms with E-state index in [4.69, 9.17) is 11.6 Å². The van der Waals surface area contributed by atoms with Gasteiger partial charge in [0, 0.05) is 15.1 Å². The highest BCUT2D eigenvalue weighted by atomic mass is 79.9. The number of hydrogen-bond donors (Lipinski definition) is 1. The molecule has 1 nitrogen and oxygen atoms in total. The summed E-state index contributed by atoms with van der Waals surface area (Å²) in [6.45, 7) is 1.95. The van der Waals surface area contributed by atoms with Crippen LogP contribution in [0.2, 0.25) is 5.02 Å². The van der Waals surface area contributed by atoms with Crippen LogP contribution in [0.5, 0.6) is 0 Å². The summed E-state index contributed by atoms with van der Waals surface area (Å²) in [5.74, 6) is 0. The molecule has 1 N–H and O–H groups in total. The zero-order valence-corrected chi connectivity index (χ0v) is 12.4. The van der Waals surface area contributed by atoms with E-state index in [0.29, 0.717) is 11.4 Å². The van der Waals surface area contributed by atoms with Crippen molar-refractivity contribution in [3.8, 4) is 0 Å². The summed E-state index contributed by atoms with van der Waals surface area (Å²) in [5.41, 5.74) is 0.530. The molecule has 0 bridgehead atoms. The first-order valence-corrected chi connectivity index (χ1v) is 6.98. The number of halogens is 2. The quantitative estimate of drug-likeness (QED) is 0.863. The molecule has 0 saturated carbocycles. The predicted molar refractivity (Wildman–Crippen MR) is 78.9 cm³/mol. The minimum Gasteiger partial charge on any atom is -0.380 e. The molecule has 0 radical (unpaired) electrons. The van der Waals surface area contributed by atoms with Crippen molar-refractivity contribution < 1.29 is 5.11 Å². The number of aliphatic hydroxyl groups is 1. The molecule has 0 saturated heterocycles. The summed E-state index contributed by atoms with van der Waals surface area (Å²) in [5, 5.41) is 11.5. The van der Waals surface area contributed by atoms with E-state index in [0.717, 1.165) is 15.6 Å². The van der Waals surface area contributed by atoms with E-state index in [2.05, 4.69) is 15.9 Å². The Morgan fingerprint density at radius 2 is 1.89 bits per heavy atom. The molecule has 0 aliphatic carbocycles. The van der Waals surface area contributed by atoms with E-state index in [9.17, 15) is 5.11 Å². The third-order valence-electron chi connectivity index (χ3n) is 3.13. The lowest BCUT2D eigenvalue weighted by molar-refractivity contribution is 0.0766. The fourth-order valence-corrected chi connectivity index (χ4v) is 2.78. The third-order valence-corrected chi connectivity index (χ3v) is 3.96. The maximum Gasteiger partial charge on any atom is 0.116 e. The van der Waals surface area contributed by atoms with Gasteiger partial charge < -0.3 is 5.11 Å². The van der Waals surface area contributed by atoms with E-state index < -0.39 is 5.60 Å². The molecule has 3 heteroatoms. The van der Waals surface area contributed by atoms with E-state index in [1.165, 1.54) is 0 Å². The maximum absolute atomic E-state index is 11.0. The van der Waals surface area contributed by atoms with Gasteiger partial charge in [-0.25, -0.2) is 0 Å². The highest BCUT2D eigenvalue weighted by Gasteiger charge is 2.31. The molecule has 1 unspecified atom stereocenters. The Morgan fingerprint density at radius 1 is 1.17 bits per heavy atom.